The van der Waals surface area contributed by atoms with E-state index in [0.29, 0.717) is 11.1 Å². The molecule has 0 atom stereocenters. The lowest BCUT2D eigenvalue weighted by Crippen LogP contribution is -2.17. The summed E-state index contributed by atoms with van der Waals surface area (Å²) >= 11 is 3.35. The van der Waals surface area contributed by atoms with E-state index in [1.54, 1.807) is 36.4 Å². The van der Waals surface area contributed by atoms with Crippen LogP contribution < -0.4 is 10.2 Å². The molecule has 3 aromatic rings. The fourth-order valence-corrected chi connectivity index (χ4v) is 2.98. The molecule has 3 rings (SSSR count). The predicted octanol–water partition coefficient (Wildman–Crippen LogP) is 4.65. The van der Waals surface area contributed by atoms with E-state index in [2.05, 4.69) is 26.5 Å². The summed E-state index contributed by atoms with van der Waals surface area (Å²) in [5.74, 6) is -0.793. The highest BCUT2D eigenvalue weighted by Crippen LogP contribution is 2.23. The van der Waals surface area contributed by atoms with Crippen LogP contribution in [-0.4, -0.2) is 23.0 Å². The molecule has 8 nitrogen and oxygen atoms in total. The molecule has 0 unspecified atom stereocenters. The number of carbonyl (C=O) groups excluding carboxylic acids is 2. The lowest BCUT2D eigenvalue weighted by atomic mass is 10.1. The van der Waals surface area contributed by atoms with Gasteiger partial charge in [-0.05, 0) is 49.4 Å². The Morgan fingerprint density at radius 2 is 1.81 bits per heavy atom. The number of aryl methyl sites for hydroxylation is 1. The van der Waals surface area contributed by atoms with Crippen molar-refractivity contribution in [2.75, 3.05) is 0 Å². The number of carbonyl (C=O) groups is 2. The van der Waals surface area contributed by atoms with Crippen LogP contribution in [0.2, 0.25) is 0 Å². The number of nitrogens with one attached hydrogen (secondary N) is 1. The summed E-state index contributed by atoms with van der Waals surface area (Å²) in [6.07, 6.45) is 1.34. The Balaban J connectivity index is 1.72. The third-order valence-electron chi connectivity index (χ3n) is 4.14. The predicted molar refractivity (Wildman–Crippen MR) is 118 cm³/mol. The van der Waals surface area contributed by atoms with Gasteiger partial charge in [-0.15, -0.1) is 0 Å². The second-order valence-electron chi connectivity index (χ2n) is 6.44. The first kappa shape index (κ1) is 21.8. The quantitative estimate of drug-likeness (QED) is 0.181. The first-order chi connectivity index (χ1) is 14.8. The van der Waals surface area contributed by atoms with E-state index < -0.39 is 16.8 Å². The Hall–Kier alpha value is -3.85. The molecule has 0 aromatic heterocycles. The number of non-ortho nitro benzene ring substituents is 1. The molecule has 0 saturated heterocycles. The summed E-state index contributed by atoms with van der Waals surface area (Å²) in [5.41, 5.74) is 4.24. The molecule has 0 fully saturated rings. The van der Waals surface area contributed by atoms with Gasteiger partial charge in [-0.2, -0.15) is 5.10 Å². The standard InChI is InChI=1S/C22H16BrN3O5/c1-14-3-2-4-16(11-14)22(28)31-20-10-7-18(23)12-17(20)13-24-25-21(27)15-5-8-19(9-6-15)26(29)30/h2-13H,1H3,(H,25,27)/b24-13-. The average Bonchev–Trinajstić information content (AvgIpc) is 2.75. The van der Waals surface area contributed by atoms with Gasteiger partial charge >= 0.3 is 5.97 Å². The highest BCUT2D eigenvalue weighted by Gasteiger charge is 2.12. The van der Waals surface area contributed by atoms with Crippen molar-refractivity contribution in [3.63, 3.8) is 0 Å². The van der Waals surface area contributed by atoms with Gasteiger partial charge in [0.2, 0.25) is 0 Å². The normalized spacial score (nSPS) is 10.6. The van der Waals surface area contributed by atoms with E-state index in [1.807, 2.05) is 13.0 Å². The van der Waals surface area contributed by atoms with Crippen LogP contribution in [0.1, 0.15) is 31.8 Å². The number of amides is 1. The number of rotatable bonds is 6. The van der Waals surface area contributed by atoms with Crippen LogP contribution in [0.15, 0.2) is 76.3 Å². The molecule has 1 amide bonds. The van der Waals surface area contributed by atoms with Gasteiger partial charge in [0.1, 0.15) is 5.75 Å². The minimum Gasteiger partial charge on any atom is -0.422 e. The lowest BCUT2D eigenvalue weighted by molar-refractivity contribution is -0.384. The topological polar surface area (TPSA) is 111 Å². The van der Waals surface area contributed by atoms with Gasteiger partial charge in [0.15, 0.2) is 0 Å². The second-order valence-corrected chi connectivity index (χ2v) is 7.36. The fraction of sp³-hybridized carbons (Fsp3) is 0.0455. The van der Waals surface area contributed by atoms with Crippen molar-refractivity contribution in [1.82, 2.24) is 5.43 Å². The van der Waals surface area contributed by atoms with E-state index in [-0.39, 0.29) is 17.0 Å². The number of ether oxygens (including phenoxy) is 1. The molecular weight excluding hydrogens is 466 g/mol. The van der Waals surface area contributed by atoms with Crippen LogP contribution in [0.4, 0.5) is 5.69 Å². The Bertz CT molecular complexity index is 1180. The smallest absolute Gasteiger partial charge is 0.343 e. The number of hydrogen-bond acceptors (Lipinski definition) is 6. The first-order valence-corrected chi connectivity index (χ1v) is 9.79. The number of hydrazone groups is 1. The zero-order chi connectivity index (χ0) is 22.4. The molecule has 1 N–H and O–H groups in total. The number of nitro groups is 1. The molecule has 0 radical (unpaired) electrons. The zero-order valence-corrected chi connectivity index (χ0v) is 17.8. The SMILES string of the molecule is Cc1cccc(C(=O)Oc2ccc(Br)cc2/C=N\NC(=O)c2ccc([N+](=O)[O-])cc2)c1. The molecule has 0 bridgehead atoms. The van der Waals surface area contributed by atoms with E-state index in [4.69, 9.17) is 4.74 Å². The Labute approximate surface area is 185 Å². The van der Waals surface area contributed by atoms with Crippen LogP contribution in [0.25, 0.3) is 0 Å². The van der Waals surface area contributed by atoms with Crippen LogP contribution in [0, 0.1) is 17.0 Å². The van der Waals surface area contributed by atoms with Crippen molar-refractivity contribution >= 4 is 39.7 Å². The Morgan fingerprint density at radius 1 is 1.06 bits per heavy atom. The van der Waals surface area contributed by atoms with Crippen LogP contribution in [0.5, 0.6) is 5.75 Å². The van der Waals surface area contributed by atoms with Crippen molar-refractivity contribution < 1.29 is 19.2 Å². The van der Waals surface area contributed by atoms with Crippen molar-refractivity contribution in [3.05, 3.63) is 104 Å². The number of halogens is 1. The van der Waals surface area contributed by atoms with Gasteiger partial charge in [0.05, 0.1) is 16.7 Å². The van der Waals surface area contributed by atoms with Gasteiger partial charge in [-0.25, -0.2) is 10.2 Å². The number of nitro benzene ring substituents is 1. The summed E-state index contributed by atoms with van der Waals surface area (Å²) < 4.78 is 6.22. The average molecular weight is 482 g/mol. The van der Waals surface area contributed by atoms with E-state index in [9.17, 15) is 19.7 Å². The molecule has 0 aliphatic carbocycles. The minimum atomic E-state index is -0.549. The van der Waals surface area contributed by atoms with Crippen LogP contribution in [-0.2, 0) is 0 Å². The van der Waals surface area contributed by atoms with Crippen molar-refractivity contribution in [2.45, 2.75) is 6.92 Å². The number of nitrogens with zero attached hydrogens (tertiary/aromatic N) is 2. The van der Waals surface area contributed by atoms with Gasteiger partial charge < -0.3 is 4.74 Å². The largest absolute Gasteiger partial charge is 0.422 e. The molecular formula is C22H16BrN3O5. The van der Waals surface area contributed by atoms with Gasteiger partial charge in [-0.1, -0.05) is 33.6 Å². The lowest BCUT2D eigenvalue weighted by Gasteiger charge is -2.08. The van der Waals surface area contributed by atoms with Gasteiger partial charge in [0.25, 0.3) is 11.6 Å². The first-order valence-electron chi connectivity index (χ1n) is 9.00. The van der Waals surface area contributed by atoms with Crippen molar-refractivity contribution in [1.29, 1.82) is 0 Å². The van der Waals surface area contributed by atoms with Crippen LogP contribution >= 0.6 is 15.9 Å². The second kappa shape index (κ2) is 9.77. The fourth-order valence-electron chi connectivity index (χ4n) is 2.60. The Morgan fingerprint density at radius 3 is 2.48 bits per heavy atom. The molecule has 3 aromatic carbocycles. The third-order valence-corrected chi connectivity index (χ3v) is 4.63. The van der Waals surface area contributed by atoms with Crippen molar-refractivity contribution in [3.8, 4) is 5.75 Å². The summed E-state index contributed by atoms with van der Waals surface area (Å²) in [7, 11) is 0. The number of benzene rings is 3. The van der Waals surface area contributed by atoms with Crippen LogP contribution in [0.3, 0.4) is 0 Å². The van der Waals surface area contributed by atoms with Crippen molar-refractivity contribution in [2.24, 2.45) is 5.10 Å². The maximum absolute atomic E-state index is 12.4. The van der Waals surface area contributed by atoms with E-state index in [1.165, 1.54) is 30.5 Å². The maximum Gasteiger partial charge on any atom is 0.343 e. The molecule has 9 heteroatoms. The highest BCUT2D eigenvalue weighted by atomic mass is 79.9. The van der Waals surface area contributed by atoms with Gasteiger partial charge in [-0.3, -0.25) is 14.9 Å². The summed E-state index contributed by atoms with van der Waals surface area (Å²) in [4.78, 5) is 34.8. The minimum absolute atomic E-state index is 0.116. The third kappa shape index (κ3) is 5.83. The molecule has 31 heavy (non-hydrogen) atoms. The molecule has 0 aliphatic rings. The molecule has 156 valence electrons. The summed E-state index contributed by atoms with van der Waals surface area (Å²) in [5, 5.41) is 14.6. The summed E-state index contributed by atoms with van der Waals surface area (Å²) in [6, 6.07) is 17.2. The molecule has 0 saturated carbocycles. The number of esters is 1. The number of hydrogen-bond donors (Lipinski definition) is 1. The maximum atomic E-state index is 12.4. The van der Waals surface area contributed by atoms with E-state index >= 15 is 0 Å². The zero-order valence-electron chi connectivity index (χ0n) is 16.2. The Kier molecular flexibility index (Phi) is 6.88. The van der Waals surface area contributed by atoms with E-state index in [0.717, 1.165) is 10.0 Å². The van der Waals surface area contributed by atoms with Gasteiger partial charge in [0, 0.05) is 27.7 Å². The highest BCUT2D eigenvalue weighted by molar-refractivity contribution is 9.10. The monoisotopic (exact) mass is 481 g/mol. The molecule has 0 aliphatic heterocycles. The molecule has 0 heterocycles. The molecule has 0 spiro atoms. The summed E-state index contributed by atoms with van der Waals surface area (Å²) in [6.45, 7) is 1.88.